The van der Waals surface area contributed by atoms with Gasteiger partial charge in [0.15, 0.2) is 15.0 Å². The molecule has 0 saturated heterocycles. The van der Waals surface area contributed by atoms with Crippen LogP contribution in [0.2, 0.25) is 0 Å². The Morgan fingerprint density at radius 2 is 1.71 bits per heavy atom. The van der Waals surface area contributed by atoms with E-state index in [-0.39, 0.29) is 29.3 Å². The highest BCUT2D eigenvalue weighted by Gasteiger charge is 2.24. The van der Waals surface area contributed by atoms with Crippen LogP contribution in [0.15, 0.2) is 47.4 Å². The molecular weight excluding hydrogens is 494 g/mol. The highest BCUT2D eigenvalue weighted by molar-refractivity contribution is 7.91. The van der Waals surface area contributed by atoms with Crippen LogP contribution in [0, 0.1) is 0 Å². The van der Waals surface area contributed by atoms with Crippen molar-refractivity contribution in [1.29, 1.82) is 0 Å². The van der Waals surface area contributed by atoms with Gasteiger partial charge in [-0.05, 0) is 63.3 Å². The average Bonchev–Trinajstić information content (AvgIpc) is 3.19. The van der Waals surface area contributed by atoms with E-state index in [4.69, 9.17) is 4.74 Å². The van der Waals surface area contributed by atoms with Gasteiger partial charge in [-0.15, -0.1) is 12.4 Å². The molecule has 10 heteroatoms. The molecule has 3 aromatic rings. The van der Waals surface area contributed by atoms with Crippen molar-refractivity contribution in [1.82, 2.24) is 9.88 Å². The molecule has 0 atom stereocenters. The predicted molar refractivity (Wildman–Crippen MR) is 142 cm³/mol. The number of rotatable bonds is 10. The number of benzene rings is 2. The molecule has 0 aliphatic carbocycles. The molecule has 1 aromatic heterocycles. The van der Waals surface area contributed by atoms with E-state index in [1.165, 1.54) is 17.6 Å². The predicted octanol–water partition coefficient (Wildman–Crippen LogP) is 4.90. The molecule has 0 bridgehead atoms. The number of sulfone groups is 1. The maximum Gasteiger partial charge on any atom is 0.260 e. The van der Waals surface area contributed by atoms with Gasteiger partial charge in [-0.1, -0.05) is 31.3 Å². The summed E-state index contributed by atoms with van der Waals surface area (Å²) in [5, 5.41) is 0.487. The number of carbonyl (C=O) groups excluding carboxylic acids is 1. The summed E-state index contributed by atoms with van der Waals surface area (Å²) < 4.78 is 30.9. The van der Waals surface area contributed by atoms with E-state index < -0.39 is 9.84 Å². The molecule has 0 N–H and O–H groups in total. The van der Waals surface area contributed by atoms with Gasteiger partial charge in [-0.3, -0.25) is 9.69 Å². The molecule has 1 amide bonds. The number of hydrogen-bond acceptors (Lipinski definition) is 7. The molecule has 0 aliphatic rings. The van der Waals surface area contributed by atoms with E-state index in [1.807, 2.05) is 19.9 Å². The molecule has 3 rings (SSSR count). The minimum absolute atomic E-state index is 0. The van der Waals surface area contributed by atoms with Crippen LogP contribution < -0.4 is 9.64 Å². The van der Waals surface area contributed by atoms with Crippen LogP contribution >= 0.6 is 23.7 Å². The molecule has 0 aliphatic heterocycles. The SMILES string of the molecule is CCN(CC)CCN(C(=O)c1ccc(OC(C)C)cc1)c1nc2c(S(C)(=O)=O)cccc2s1.Cl. The Labute approximate surface area is 212 Å². The summed E-state index contributed by atoms with van der Waals surface area (Å²) >= 11 is 1.32. The fraction of sp³-hybridized carbons (Fsp3) is 0.417. The Kier molecular flexibility index (Phi) is 9.87. The fourth-order valence-electron chi connectivity index (χ4n) is 3.50. The first-order chi connectivity index (χ1) is 15.6. The molecule has 0 spiro atoms. The number of ether oxygens (including phenoxy) is 1. The number of carbonyl (C=O) groups is 1. The second kappa shape index (κ2) is 12.0. The second-order valence-corrected chi connectivity index (χ2v) is 11.0. The Hall–Kier alpha value is -2.20. The van der Waals surface area contributed by atoms with Crippen LogP contribution in [0.4, 0.5) is 5.13 Å². The fourth-order valence-corrected chi connectivity index (χ4v) is 5.41. The van der Waals surface area contributed by atoms with Crippen molar-refractivity contribution in [2.24, 2.45) is 0 Å². The normalized spacial score (nSPS) is 11.6. The summed E-state index contributed by atoms with van der Waals surface area (Å²) in [7, 11) is -3.44. The maximum absolute atomic E-state index is 13.5. The van der Waals surface area contributed by atoms with Gasteiger partial charge < -0.3 is 9.64 Å². The van der Waals surface area contributed by atoms with Crippen molar-refractivity contribution < 1.29 is 17.9 Å². The van der Waals surface area contributed by atoms with Crippen LogP contribution in [-0.2, 0) is 9.84 Å². The summed E-state index contributed by atoms with van der Waals surface area (Å²) in [6.45, 7) is 10.9. The quantitative estimate of drug-likeness (QED) is 0.374. The number of amides is 1. The molecule has 7 nitrogen and oxygen atoms in total. The highest BCUT2D eigenvalue weighted by atomic mass is 35.5. The van der Waals surface area contributed by atoms with Crippen molar-refractivity contribution in [2.45, 2.75) is 38.7 Å². The van der Waals surface area contributed by atoms with Gasteiger partial charge in [-0.2, -0.15) is 0 Å². The van der Waals surface area contributed by atoms with Gasteiger partial charge in [-0.25, -0.2) is 13.4 Å². The van der Waals surface area contributed by atoms with E-state index >= 15 is 0 Å². The molecular formula is C24H32ClN3O4S2. The van der Waals surface area contributed by atoms with E-state index in [9.17, 15) is 13.2 Å². The van der Waals surface area contributed by atoms with Crippen molar-refractivity contribution in [3.8, 4) is 5.75 Å². The number of anilines is 1. The first-order valence-electron chi connectivity index (χ1n) is 11.0. The van der Waals surface area contributed by atoms with Gasteiger partial charge in [0, 0.05) is 24.9 Å². The lowest BCUT2D eigenvalue weighted by atomic mass is 10.2. The number of aromatic nitrogens is 1. The summed E-state index contributed by atoms with van der Waals surface area (Å²) in [6.07, 6.45) is 1.22. The minimum Gasteiger partial charge on any atom is -0.491 e. The summed E-state index contributed by atoms with van der Waals surface area (Å²) in [4.78, 5) is 22.2. The van der Waals surface area contributed by atoms with Crippen LogP contribution in [0.1, 0.15) is 38.1 Å². The zero-order valence-corrected chi connectivity index (χ0v) is 22.6. The first kappa shape index (κ1) is 28.0. The van der Waals surface area contributed by atoms with E-state index in [0.717, 1.165) is 17.8 Å². The van der Waals surface area contributed by atoms with E-state index in [1.54, 1.807) is 41.3 Å². The van der Waals surface area contributed by atoms with Crippen molar-refractivity contribution >= 4 is 54.8 Å². The lowest BCUT2D eigenvalue weighted by Crippen LogP contribution is -2.38. The largest absolute Gasteiger partial charge is 0.491 e. The molecule has 0 radical (unpaired) electrons. The Morgan fingerprint density at radius 1 is 1.06 bits per heavy atom. The third-order valence-electron chi connectivity index (χ3n) is 5.25. The molecule has 2 aromatic carbocycles. The molecule has 0 fully saturated rings. The minimum atomic E-state index is -3.44. The number of likely N-dealkylation sites (N-methyl/N-ethyl adjacent to an activating group) is 1. The molecule has 186 valence electrons. The monoisotopic (exact) mass is 525 g/mol. The smallest absolute Gasteiger partial charge is 0.260 e. The molecule has 1 heterocycles. The van der Waals surface area contributed by atoms with Gasteiger partial charge >= 0.3 is 0 Å². The third-order valence-corrected chi connectivity index (χ3v) is 7.43. The average molecular weight is 526 g/mol. The third kappa shape index (κ3) is 6.69. The molecule has 0 saturated carbocycles. The number of thiazole rings is 1. The number of fused-ring (bicyclic) bond motifs is 1. The Morgan fingerprint density at radius 3 is 2.26 bits per heavy atom. The lowest BCUT2D eigenvalue weighted by molar-refractivity contribution is 0.0983. The summed E-state index contributed by atoms with van der Waals surface area (Å²) in [5.74, 6) is 0.521. The van der Waals surface area contributed by atoms with Crippen LogP contribution in [0.5, 0.6) is 5.75 Å². The highest BCUT2D eigenvalue weighted by Crippen LogP contribution is 2.33. The summed E-state index contributed by atoms with van der Waals surface area (Å²) in [5.41, 5.74) is 0.926. The number of halogens is 1. The number of hydrogen-bond donors (Lipinski definition) is 0. The summed E-state index contributed by atoms with van der Waals surface area (Å²) in [6, 6.07) is 12.2. The van der Waals surface area contributed by atoms with Gasteiger partial charge in [0.1, 0.15) is 11.3 Å². The Balaban J connectivity index is 0.00000408. The Bertz CT molecular complexity index is 1210. The zero-order chi connectivity index (χ0) is 24.2. The zero-order valence-electron chi connectivity index (χ0n) is 20.1. The second-order valence-electron chi connectivity index (χ2n) is 8.05. The molecule has 34 heavy (non-hydrogen) atoms. The van der Waals surface area contributed by atoms with Crippen LogP contribution in [0.3, 0.4) is 0 Å². The van der Waals surface area contributed by atoms with Crippen molar-refractivity contribution in [2.75, 3.05) is 37.3 Å². The topological polar surface area (TPSA) is 79.8 Å². The van der Waals surface area contributed by atoms with Gasteiger partial charge in [0.05, 0.1) is 15.7 Å². The first-order valence-corrected chi connectivity index (χ1v) is 13.7. The maximum atomic E-state index is 13.5. The van der Waals surface area contributed by atoms with Gasteiger partial charge in [0.25, 0.3) is 5.91 Å². The van der Waals surface area contributed by atoms with Crippen LogP contribution in [0.25, 0.3) is 10.2 Å². The van der Waals surface area contributed by atoms with Gasteiger partial charge in [0.2, 0.25) is 0 Å². The van der Waals surface area contributed by atoms with Crippen molar-refractivity contribution in [3.05, 3.63) is 48.0 Å². The number of para-hydroxylation sites is 1. The van der Waals surface area contributed by atoms with E-state index in [2.05, 4.69) is 23.7 Å². The van der Waals surface area contributed by atoms with E-state index in [0.29, 0.717) is 35.1 Å². The standard InChI is InChI=1S/C24H31N3O4S2.ClH/c1-6-26(7-2)15-16-27(23(28)18-11-13-19(14-12-18)31-17(3)4)24-25-22-20(32-24)9-8-10-21(22)33(5,29)30;/h8-14,17H,6-7,15-16H2,1-5H3;1H. The number of nitrogens with zero attached hydrogens (tertiary/aromatic N) is 3. The van der Waals surface area contributed by atoms with Crippen LogP contribution in [-0.4, -0.2) is 62.7 Å². The lowest BCUT2D eigenvalue weighted by Gasteiger charge is -2.25. The van der Waals surface area contributed by atoms with Crippen molar-refractivity contribution in [3.63, 3.8) is 0 Å². The molecule has 0 unspecified atom stereocenters.